The van der Waals surface area contributed by atoms with E-state index in [1.807, 2.05) is 67.5 Å². The van der Waals surface area contributed by atoms with E-state index in [1.165, 1.54) is 0 Å². The quantitative estimate of drug-likeness (QED) is 0.185. The van der Waals surface area contributed by atoms with Crippen molar-refractivity contribution in [2.45, 2.75) is 0 Å². The lowest BCUT2D eigenvalue weighted by Crippen LogP contribution is -1.92. The molecule has 0 fully saturated rings. The summed E-state index contributed by atoms with van der Waals surface area (Å²) in [5.74, 6) is 0.564. The van der Waals surface area contributed by atoms with Gasteiger partial charge in [0.1, 0.15) is 5.52 Å². The highest BCUT2D eigenvalue weighted by atomic mass is 16.3. The van der Waals surface area contributed by atoms with Gasteiger partial charge in [0.15, 0.2) is 5.58 Å². The summed E-state index contributed by atoms with van der Waals surface area (Å²) in [4.78, 5) is 18.9. The lowest BCUT2D eigenvalue weighted by atomic mass is 9.89. The molecule has 5 nitrogen and oxygen atoms in total. The summed E-state index contributed by atoms with van der Waals surface area (Å²) in [5.41, 5.74) is 10.9. The third kappa shape index (κ3) is 5.03. The van der Waals surface area contributed by atoms with Crippen LogP contribution < -0.4 is 0 Å². The number of hydrogen-bond acceptors (Lipinski definition) is 5. The topological polar surface area (TPSA) is 64.7 Å². The van der Waals surface area contributed by atoms with Gasteiger partial charge in [0.2, 0.25) is 5.89 Å². The Bertz CT molecular complexity index is 2800. The molecule has 0 N–H and O–H groups in total. The zero-order valence-electron chi connectivity index (χ0n) is 27.4. The molecule has 0 unspecified atom stereocenters. The molecule has 0 amide bonds. The van der Waals surface area contributed by atoms with E-state index < -0.39 is 0 Å². The Labute approximate surface area is 293 Å². The number of rotatable bonds is 5. The Balaban J connectivity index is 1.24. The van der Waals surface area contributed by atoms with Crippen molar-refractivity contribution < 1.29 is 4.42 Å². The number of pyridine rings is 3. The first kappa shape index (κ1) is 29.0. The maximum Gasteiger partial charge on any atom is 0.227 e. The van der Waals surface area contributed by atoms with Crippen molar-refractivity contribution in [3.05, 3.63) is 171 Å². The first-order valence-corrected chi connectivity index (χ1v) is 16.9. The third-order valence-corrected chi connectivity index (χ3v) is 9.73. The Hall–Kier alpha value is -6.98. The predicted molar refractivity (Wildman–Crippen MR) is 207 cm³/mol. The Morgan fingerprint density at radius 3 is 1.47 bits per heavy atom. The van der Waals surface area contributed by atoms with Gasteiger partial charge in [0, 0.05) is 75.6 Å². The molecule has 4 aromatic heterocycles. The summed E-state index contributed by atoms with van der Waals surface area (Å²) in [6, 6.07) is 46.4. The average molecular weight is 653 g/mol. The summed E-state index contributed by atoms with van der Waals surface area (Å²) >= 11 is 0. The summed E-state index contributed by atoms with van der Waals surface area (Å²) < 4.78 is 6.45. The minimum atomic E-state index is 0.564. The highest BCUT2D eigenvalue weighted by Gasteiger charge is 2.19. The van der Waals surface area contributed by atoms with E-state index in [2.05, 4.69) is 118 Å². The Morgan fingerprint density at radius 2 is 0.863 bits per heavy atom. The van der Waals surface area contributed by atoms with E-state index in [0.717, 1.165) is 93.5 Å². The van der Waals surface area contributed by atoms with Crippen molar-refractivity contribution in [1.29, 1.82) is 0 Å². The monoisotopic (exact) mass is 652 g/mol. The average Bonchev–Trinajstić information content (AvgIpc) is 3.64. The van der Waals surface area contributed by atoms with Crippen molar-refractivity contribution in [2.75, 3.05) is 0 Å². The molecule has 0 saturated carbocycles. The number of hydrogen-bond donors (Lipinski definition) is 0. The molecule has 10 rings (SSSR count). The zero-order valence-corrected chi connectivity index (χ0v) is 27.4. The maximum atomic E-state index is 6.45. The smallest absolute Gasteiger partial charge is 0.227 e. The van der Waals surface area contributed by atoms with Crippen molar-refractivity contribution in [3.63, 3.8) is 0 Å². The molecule has 0 saturated heterocycles. The van der Waals surface area contributed by atoms with Crippen LogP contribution in [0.15, 0.2) is 175 Å². The number of aromatic nitrogens is 4. The van der Waals surface area contributed by atoms with Gasteiger partial charge in [-0.05, 0) is 80.4 Å². The minimum Gasteiger partial charge on any atom is -0.436 e. The van der Waals surface area contributed by atoms with Gasteiger partial charge in [-0.3, -0.25) is 15.0 Å². The van der Waals surface area contributed by atoms with E-state index in [-0.39, 0.29) is 0 Å². The second-order valence-electron chi connectivity index (χ2n) is 12.8. The maximum absolute atomic E-state index is 6.45. The lowest BCUT2D eigenvalue weighted by molar-refractivity contribution is 0.620. The molecule has 0 spiro atoms. The predicted octanol–water partition coefficient (Wildman–Crippen LogP) is 11.8. The highest BCUT2D eigenvalue weighted by Crippen LogP contribution is 2.42. The van der Waals surface area contributed by atoms with Crippen LogP contribution in [-0.2, 0) is 0 Å². The van der Waals surface area contributed by atoms with Crippen LogP contribution in [0.2, 0.25) is 0 Å². The summed E-state index contributed by atoms with van der Waals surface area (Å²) in [5, 5.41) is 6.69. The molecule has 5 heteroatoms. The summed E-state index contributed by atoms with van der Waals surface area (Å²) in [6.07, 6.45) is 11.6. The highest BCUT2D eigenvalue weighted by molar-refractivity contribution is 6.02. The minimum absolute atomic E-state index is 0.564. The van der Waals surface area contributed by atoms with E-state index in [1.54, 1.807) is 0 Å². The van der Waals surface area contributed by atoms with E-state index in [9.17, 15) is 0 Å². The first-order chi connectivity index (χ1) is 25.3. The van der Waals surface area contributed by atoms with E-state index in [0.29, 0.717) is 5.89 Å². The molecule has 0 radical (unpaired) electrons. The number of benzene rings is 6. The molecule has 6 aromatic carbocycles. The van der Waals surface area contributed by atoms with E-state index in [4.69, 9.17) is 9.40 Å². The summed E-state index contributed by atoms with van der Waals surface area (Å²) in [6.45, 7) is 0. The zero-order chi connectivity index (χ0) is 33.7. The Kier molecular flexibility index (Phi) is 6.74. The largest absolute Gasteiger partial charge is 0.436 e. The second kappa shape index (κ2) is 11.9. The molecule has 51 heavy (non-hydrogen) atoms. The molecular formula is C46H28N4O. The second-order valence-corrected chi connectivity index (χ2v) is 12.8. The van der Waals surface area contributed by atoms with Gasteiger partial charge in [-0.2, -0.15) is 0 Å². The van der Waals surface area contributed by atoms with E-state index >= 15 is 0 Å². The van der Waals surface area contributed by atoms with Gasteiger partial charge < -0.3 is 4.42 Å². The number of nitrogens with zero attached hydrogens (tertiary/aromatic N) is 4. The molecule has 238 valence electrons. The van der Waals surface area contributed by atoms with Crippen LogP contribution >= 0.6 is 0 Å². The van der Waals surface area contributed by atoms with Crippen molar-refractivity contribution in [2.24, 2.45) is 0 Å². The lowest BCUT2D eigenvalue weighted by Gasteiger charge is -2.16. The molecule has 0 aliphatic rings. The van der Waals surface area contributed by atoms with Gasteiger partial charge in [-0.25, -0.2) is 4.98 Å². The standard InChI is InChI=1S/C46H28N4O/c1-4-12-36-30(9-1)23-47-26-41(36)34-19-33(20-35(21-34)42-27-48-24-31-10-2-5-13-37(31)42)29-17-18-39(43-28-49-25-32-11-3-6-14-38(32)43)40(22-29)46-50-44-15-7-8-16-45(44)51-46/h1-28H. The van der Waals surface area contributed by atoms with Crippen molar-refractivity contribution >= 4 is 43.4 Å². The van der Waals surface area contributed by atoms with Crippen LogP contribution in [0.1, 0.15) is 0 Å². The van der Waals surface area contributed by atoms with Crippen LogP contribution in [0.5, 0.6) is 0 Å². The number of fused-ring (bicyclic) bond motifs is 4. The summed E-state index contributed by atoms with van der Waals surface area (Å²) in [7, 11) is 0. The van der Waals surface area contributed by atoms with Crippen LogP contribution in [0, 0.1) is 0 Å². The fourth-order valence-corrected chi connectivity index (χ4v) is 7.25. The number of para-hydroxylation sites is 2. The normalized spacial score (nSPS) is 11.5. The molecule has 0 atom stereocenters. The van der Waals surface area contributed by atoms with Gasteiger partial charge in [0.05, 0.1) is 0 Å². The van der Waals surface area contributed by atoms with Crippen molar-refractivity contribution in [1.82, 2.24) is 19.9 Å². The fraction of sp³-hybridized carbons (Fsp3) is 0. The molecular weight excluding hydrogens is 625 g/mol. The van der Waals surface area contributed by atoms with Crippen LogP contribution in [0.4, 0.5) is 0 Å². The molecule has 4 heterocycles. The van der Waals surface area contributed by atoms with Gasteiger partial charge in [0.25, 0.3) is 0 Å². The van der Waals surface area contributed by atoms with Crippen LogP contribution in [0.3, 0.4) is 0 Å². The van der Waals surface area contributed by atoms with Crippen LogP contribution in [-0.4, -0.2) is 19.9 Å². The fourth-order valence-electron chi connectivity index (χ4n) is 7.25. The van der Waals surface area contributed by atoms with Crippen molar-refractivity contribution in [3.8, 4) is 56.0 Å². The third-order valence-electron chi connectivity index (χ3n) is 9.73. The Morgan fingerprint density at radius 1 is 0.353 bits per heavy atom. The van der Waals surface area contributed by atoms with Gasteiger partial charge in [-0.1, -0.05) is 97.1 Å². The van der Waals surface area contributed by atoms with Gasteiger partial charge in [-0.15, -0.1) is 0 Å². The molecule has 0 aliphatic carbocycles. The van der Waals surface area contributed by atoms with Gasteiger partial charge >= 0.3 is 0 Å². The van der Waals surface area contributed by atoms with Crippen LogP contribution in [0.25, 0.3) is 99.4 Å². The first-order valence-electron chi connectivity index (χ1n) is 16.9. The SMILES string of the molecule is c1ccc2c(-c3cc(-c4ccc(-c5cncc6ccccc56)c(-c5nc6ccccc6o5)c4)cc(-c4cncc5ccccc45)c3)cncc2c1. The molecule has 10 aromatic rings. The molecule has 0 aliphatic heterocycles. The molecule has 0 bridgehead atoms. The number of oxazole rings is 1.